The molecule has 0 spiro atoms. The van der Waals surface area contributed by atoms with E-state index in [0.717, 1.165) is 11.1 Å². The Morgan fingerprint density at radius 1 is 1.03 bits per heavy atom. The van der Waals surface area contributed by atoms with E-state index in [1.54, 1.807) is 6.33 Å². The molecule has 9 heteroatoms. The lowest BCUT2D eigenvalue weighted by atomic mass is 10.0. The summed E-state index contributed by atoms with van der Waals surface area (Å²) in [6.45, 7) is 2.67. The van der Waals surface area contributed by atoms with Crippen LogP contribution in [0, 0.1) is 5.92 Å². The van der Waals surface area contributed by atoms with E-state index in [1.807, 2.05) is 65.2 Å². The molecule has 0 aliphatic heterocycles. The average Bonchev–Trinajstić information content (AvgIpc) is 3.45. The molecule has 2 aromatic carbocycles. The van der Waals surface area contributed by atoms with Crippen LogP contribution in [0.5, 0.6) is 0 Å². The monoisotopic (exact) mass is 487 g/mol. The largest absolute Gasteiger partial charge is 0.390 e. The Hall–Kier alpha value is -3.66. The molecule has 1 aliphatic carbocycles. The molecule has 2 N–H and O–H groups in total. The SMILES string of the molecule is CC(=O)Nc1ncnc2c1ncn2[C@H]1C[C@H](OCc2ccccc2)[C@@H](COCc2ccccc2)[C@@H]1O. The topological polar surface area (TPSA) is 111 Å². The molecule has 2 aromatic heterocycles. The Balaban J connectivity index is 1.36. The number of anilines is 1. The summed E-state index contributed by atoms with van der Waals surface area (Å²) >= 11 is 0. The molecular formula is C27H29N5O4. The molecule has 1 amide bonds. The molecule has 186 valence electrons. The summed E-state index contributed by atoms with van der Waals surface area (Å²) in [5.74, 6) is -0.134. The number of hydrogen-bond donors (Lipinski definition) is 2. The summed E-state index contributed by atoms with van der Waals surface area (Å²) in [5, 5.41) is 14.1. The third kappa shape index (κ3) is 5.28. The highest BCUT2D eigenvalue weighted by Crippen LogP contribution is 2.39. The quantitative estimate of drug-likeness (QED) is 0.372. The second-order valence-electron chi connectivity index (χ2n) is 9.02. The number of aliphatic hydroxyl groups excluding tert-OH is 1. The van der Waals surface area contributed by atoms with Gasteiger partial charge in [0.1, 0.15) is 6.33 Å². The first-order valence-corrected chi connectivity index (χ1v) is 12.0. The van der Waals surface area contributed by atoms with Gasteiger partial charge in [-0.1, -0.05) is 60.7 Å². The molecular weight excluding hydrogens is 458 g/mol. The van der Waals surface area contributed by atoms with E-state index >= 15 is 0 Å². The van der Waals surface area contributed by atoms with Gasteiger partial charge in [0, 0.05) is 12.8 Å². The predicted octanol–water partition coefficient (Wildman–Crippen LogP) is 3.51. The van der Waals surface area contributed by atoms with Crippen molar-refractivity contribution in [1.29, 1.82) is 0 Å². The number of fused-ring (bicyclic) bond motifs is 1. The van der Waals surface area contributed by atoms with Gasteiger partial charge < -0.3 is 24.5 Å². The van der Waals surface area contributed by atoms with E-state index in [1.165, 1.54) is 13.3 Å². The van der Waals surface area contributed by atoms with Crippen LogP contribution in [0.3, 0.4) is 0 Å². The zero-order chi connectivity index (χ0) is 24.9. The number of benzene rings is 2. The standard InChI is InChI=1S/C27H29N5O4/c1-18(33)31-26-24-27(29-16-28-26)32(17-30-24)22-12-23(36-14-20-10-6-3-7-11-20)21(25(22)34)15-35-13-19-8-4-2-5-9-19/h2-11,16-17,21-23,25,34H,12-15H2,1H3,(H,28,29,31,33)/t21-,22+,23+,25+/m1/s1. The van der Waals surface area contributed by atoms with Crippen LogP contribution in [0.4, 0.5) is 5.82 Å². The van der Waals surface area contributed by atoms with Gasteiger partial charge in [-0.15, -0.1) is 0 Å². The lowest BCUT2D eigenvalue weighted by Crippen LogP contribution is -2.31. The molecule has 0 unspecified atom stereocenters. The number of amides is 1. The van der Waals surface area contributed by atoms with Crippen molar-refractivity contribution in [3.05, 3.63) is 84.4 Å². The fraction of sp³-hybridized carbons (Fsp3) is 0.333. The van der Waals surface area contributed by atoms with Crippen molar-refractivity contribution in [3.63, 3.8) is 0 Å². The summed E-state index contributed by atoms with van der Waals surface area (Å²) in [4.78, 5) is 24.5. The number of nitrogens with one attached hydrogen (secondary N) is 1. The molecule has 4 aromatic rings. The number of imidazole rings is 1. The van der Waals surface area contributed by atoms with Crippen LogP contribution in [0.1, 0.15) is 30.5 Å². The summed E-state index contributed by atoms with van der Waals surface area (Å²) in [7, 11) is 0. The van der Waals surface area contributed by atoms with E-state index in [9.17, 15) is 9.90 Å². The molecule has 5 rings (SSSR count). The minimum Gasteiger partial charge on any atom is -0.390 e. The Morgan fingerprint density at radius 3 is 2.42 bits per heavy atom. The molecule has 0 radical (unpaired) electrons. The number of nitrogens with zero attached hydrogens (tertiary/aromatic N) is 4. The number of aliphatic hydroxyl groups is 1. The molecule has 0 saturated heterocycles. The number of ether oxygens (including phenoxy) is 2. The Bertz CT molecular complexity index is 1300. The van der Waals surface area contributed by atoms with Crippen LogP contribution in [-0.4, -0.2) is 49.3 Å². The minimum absolute atomic E-state index is 0.227. The Labute approximate surface area is 209 Å². The predicted molar refractivity (Wildman–Crippen MR) is 134 cm³/mol. The molecule has 0 bridgehead atoms. The molecule has 36 heavy (non-hydrogen) atoms. The first-order valence-electron chi connectivity index (χ1n) is 12.0. The molecule has 2 heterocycles. The molecule has 1 aliphatic rings. The van der Waals surface area contributed by atoms with Crippen LogP contribution in [-0.2, 0) is 27.5 Å². The van der Waals surface area contributed by atoms with Crippen molar-refractivity contribution in [3.8, 4) is 0 Å². The van der Waals surface area contributed by atoms with Crippen molar-refractivity contribution >= 4 is 22.9 Å². The summed E-state index contributed by atoms with van der Waals surface area (Å²) in [6, 6.07) is 19.6. The van der Waals surface area contributed by atoms with E-state index in [4.69, 9.17) is 9.47 Å². The maximum atomic E-state index is 11.6. The molecule has 4 atom stereocenters. The second kappa shape index (κ2) is 10.9. The zero-order valence-corrected chi connectivity index (χ0v) is 20.0. The van der Waals surface area contributed by atoms with Crippen molar-refractivity contribution in [1.82, 2.24) is 19.5 Å². The molecule has 1 fully saturated rings. The van der Waals surface area contributed by atoms with Crippen LogP contribution in [0.25, 0.3) is 11.2 Å². The Morgan fingerprint density at radius 2 is 1.72 bits per heavy atom. The Kier molecular flexibility index (Phi) is 7.31. The van der Waals surface area contributed by atoms with E-state index in [0.29, 0.717) is 43.2 Å². The lowest BCUT2D eigenvalue weighted by Gasteiger charge is -2.23. The minimum atomic E-state index is -0.738. The smallest absolute Gasteiger partial charge is 0.222 e. The van der Waals surface area contributed by atoms with Gasteiger partial charge in [-0.2, -0.15) is 0 Å². The van der Waals surface area contributed by atoms with Crippen molar-refractivity contribution < 1.29 is 19.4 Å². The van der Waals surface area contributed by atoms with Gasteiger partial charge >= 0.3 is 0 Å². The summed E-state index contributed by atoms with van der Waals surface area (Å²) in [6.07, 6.45) is 2.63. The fourth-order valence-electron chi connectivity index (χ4n) is 4.75. The van der Waals surface area contributed by atoms with Gasteiger partial charge in [0.2, 0.25) is 5.91 Å². The van der Waals surface area contributed by atoms with E-state index < -0.39 is 6.10 Å². The van der Waals surface area contributed by atoms with Crippen LogP contribution in [0.2, 0.25) is 0 Å². The number of hydrogen-bond acceptors (Lipinski definition) is 7. The van der Waals surface area contributed by atoms with Crippen LogP contribution >= 0.6 is 0 Å². The fourth-order valence-corrected chi connectivity index (χ4v) is 4.75. The summed E-state index contributed by atoms with van der Waals surface area (Å²) in [5.41, 5.74) is 3.17. The highest BCUT2D eigenvalue weighted by Gasteiger charge is 2.44. The van der Waals surface area contributed by atoms with Crippen molar-refractivity contribution in [2.24, 2.45) is 5.92 Å². The maximum absolute atomic E-state index is 11.6. The van der Waals surface area contributed by atoms with E-state index in [-0.39, 0.29) is 24.0 Å². The lowest BCUT2D eigenvalue weighted by molar-refractivity contribution is -0.114. The van der Waals surface area contributed by atoms with Gasteiger partial charge in [0.15, 0.2) is 17.0 Å². The highest BCUT2D eigenvalue weighted by molar-refractivity contribution is 5.95. The van der Waals surface area contributed by atoms with Crippen molar-refractivity contribution in [2.75, 3.05) is 11.9 Å². The van der Waals surface area contributed by atoms with Gasteiger partial charge in [-0.05, 0) is 17.5 Å². The molecule has 1 saturated carbocycles. The second-order valence-corrected chi connectivity index (χ2v) is 9.02. The maximum Gasteiger partial charge on any atom is 0.222 e. The van der Waals surface area contributed by atoms with Gasteiger partial charge in [0.05, 0.1) is 44.4 Å². The third-order valence-corrected chi connectivity index (χ3v) is 6.52. The van der Waals surface area contributed by atoms with E-state index in [2.05, 4.69) is 20.3 Å². The first kappa shape index (κ1) is 24.1. The first-order chi connectivity index (χ1) is 17.6. The van der Waals surface area contributed by atoms with Gasteiger partial charge in [-0.3, -0.25) is 4.79 Å². The average molecular weight is 488 g/mol. The highest BCUT2D eigenvalue weighted by atomic mass is 16.5. The molecule has 9 nitrogen and oxygen atoms in total. The van der Waals surface area contributed by atoms with Gasteiger partial charge in [-0.25, -0.2) is 15.0 Å². The number of carbonyl (C=O) groups excluding carboxylic acids is 1. The normalized spacial score (nSPS) is 21.6. The van der Waals surface area contributed by atoms with Crippen LogP contribution in [0.15, 0.2) is 73.3 Å². The number of rotatable bonds is 9. The van der Waals surface area contributed by atoms with Crippen molar-refractivity contribution in [2.45, 2.75) is 44.8 Å². The number of aromatic nitrogens is 4. The van der Waals surface area contributed by atoms with Gasteiger partial charge in [0.25, 0.3) is 0 Å². The third-order valence-electron chi connectivity index (χ3n) is 6.52. The van der Waals surface area contributed by atoms with Crippen LogP contribution < -0.4 is 5.32 Å². The number of carbonyl (C=O) groups is 1. The zero-order valence-electron chi connectivity index (χ0n) is 20.0. The summed E-state index contributed by atoms with van der Waals surface area (Å²) < 4.78 is 14.2.